The Balaban J connectivity index is 1.77. The molecular weight excluding hydrogens is 318 g/mol. The first kappa shape index (κ1) is 16.6. The van der Waals surface area contributed by atoms with E-state index in [1.54, 1.807) is 20.3 Å². The van der Waals surface area contributed by atoms with Crippen molar-refractivity contribution in [3.63, 3.8) is 0 Å². The van der Waals surface area contributed by atoms with Gasteiger partial charge in [0.1, 0.15) is 17.2 Å². The number of methoxy groups -OCH3 is 2. The lowest BCUT2D eigenvalue weighted by Crippen LogP contribution is -2.19. The second-order valence-electron chi connectivity index (χ2n) is 5.51. The van der Waals surface area contributed by atoms with Crippen molar-refractivity contribution >= 4 is 22.5 Å². The van der Waals surface area contributed by atoms with E-state index < -0.39 is 0 Å². The number of benzene rings is 2. The summed E-state index contributed by atoms with van der Waals surface area (Å²) >= 11 is 0. The molecule has 6 heteroatoms. The van der Waals surface area contributed by atoms with E-state index in [0.29, 0.717) is 11.4 Å². The van der Waals surface area contributed by atoms with Crippen molar-refractivity contribution in [2.75, 3.05) is 14.2 Å². The molecule has 0 atom stereocenters. The number of hydrazone groups is 1. The normalized spacial score (nSPS) is 11.4. The standard InChI is InChI=1S/C19H19N3O3/c1-12(13-5-4-6-15(9-13)24-2)21-22-19(23)18-11-14-10-16(25-3)7-8-17(14)20-18/h4-11,20H,1-3H3,(H,22,23). The van der Waals surface area contributed by atoms with Gasteiger partial charge in [0.2, 0.25) is 0 Å². The lowest BCUT2D eigenvalue weighted by atomic mass is 10.1. The zero-order valence-electron chi connectivity index (χ0n) is 14.3. The third kappa shape index (κ3) is 3.63. The van der Waals surface area contributed by atoms with Crippen LogP contribution in [0.1, 0.15) is 23.0 Å². The van der Waals surface area contributed by atoms with E-state index in [4.69, 9.17) is 9.47 Å². The van der Waals surface area contributed by atoms with Crippen LogP contribution in [0.15, 0.2) is 53.6 Å². The van der Waals surface area contributed by atoms with Gasteiger partial charge in [0.05, 0.1) is 19.9 Å². The van der Waals surface area contributed by atoms with E-state index in [2.05, 4.69) is 15.5 Å². The van der Waals surface area contributed by atoms with Crippen LogP contribution in [-0.4, -0.2) is 30.8 Å². The average molecular weight is 337 g/mol. The van der Waals surface area contributed by atoms with Gasteiger partial charge in [-0.15, -0.1) is 0 Å². The van der Waals surface area contributed by atoms with Crippen LogP contribution in [0.3, 0.4) is 0 Å². The summed E-state index contributed by atoms with van der Waals surface area (Å²) in [5.74, 6) is 1.17. The van der Waals surface area contributed by atoms with Crippen molar-refractivity contribution in [3.8, 4) is 11.5 Å². The van der Waals surface area contributed by atoms with Gasteiger partial charge >= 0.3 is 0 Å². The summed E-state index contributed by atoms with van der Waals surface area (Å²) in [7, 11) is 3.22. The fourth-order valence-corrected chi connectivity index (χ4v) is 2.47. The molecule has 0 aliphatic rings. The van der Waals surface area contributed by atoms with Crippen LogP contribution in [0.25, 0.3) is 10.9 Å². The minimum atomic E-state index is -0.308. The minimum absolute atomic E-state index is 0.308. The van der Waals surface area contributed by atoms with Crippen molar-refractivity contribution in [1.29, 1.82) is 0 Å². The van der Waals surface area contributed by atoms with Gasteiger partial charge in [-0.25, -0.2) is 5.43 Å². The molecule has 25 heavy (non-hydrogen) atoms. The average Bonchev–Trinajstić information content (AvgIpc) is 3.09. The molecule has 0 bridgehead atoms. The second kappa shape index (κ2) is 7.09. The highest BCUT2D eigenvalue weighted by Gasteiger charge is 2.10. The number of rotatable bonds is 5. The Morgan fingerprint density at radius 2 is 1.80 bits per heavy atom. The smallest absolute Gasteiger partial charge is 0.287 e. The van der Waals surface area contributed by atoms with Crippen molar-refractivity contribution < 1.29 is 14.3 Å². The second-order valence-corrected chi connectivity index (χ2v) is 5.51. The van der Waals surface area contributed by atoms with Crippen molar-refractivity contribution in [1.82, 2.24) is 10.4 Å². The monoisotopic (exact) mass is 337 g/mol. The van der Waals surface area contributed by atoms with E-state index in [9.17, 15) is 4.79 Å². The molecule has 0 fully saturated rings. The van der Waals surface area contributed by atoms with Gasteiger partial charge in [0, 0.05) is 16.5 Å². The number of aromatic nitrogens is 1. The third-order valence-electron chi connectivity index (χ3n) is 3.89. The van der Waals surface area contributed by atoms with Crippen LogP contribution in [0.5, 0.6) is 11.5 Å². The molecule has 1 heterocycles. The molecule has 6 nitrogen and oxygen atoms in total. The first-order valence-corrected chi connectivity index (χ1v) is 7.76. The molecule has 128 valence electrons. The number of nitrogens with zero attached hydrogens (tertiary/aromatic N) is 1. The highest BCUT2D eigenvalue weighted by Crippen LogP contribution is 2.21. The number of hydrogen-bond acceptors (Lipinski definition) is 4. The van der Waals surface area contributed by atoms with Crippen LogP contribution in [0, 0.1) is 0 Å². The Morgan fingerprint density at radius 3 is 2.56 bits per heavy atom. The predicted molar refractivity (Wildman–Crippen MR) is 97.5 cm³/mol. The molecule has 0 saturated heterocycles. The highest BCUT2D eigenvalue weighted by atomic mass is 16.5. The lowest BCUT2D eigenvalue weighted by molar-refractivity contribution is 0.0950. The van der Waals surface area contributed by atoms with Crippen molar-refractivity contribution in [2.45, 2.75) is 6.92 Å². The van der Waals surface area contributed by atoms with Crippen molar-refractivity contribution in [2.24, 2.45) is 5.10 Å². The number of amides is 1. The largest absolute Gasteiger partial charge is 0.497 e. The number of aromatic amines is 1. The molecule has 2 N–H and O–H groups in total. The van der Waals surface area contributed by atoms with E-state index in [1.165, 1.54) is 0 Å². The quantitative estimate of drug-likeness (QED) is 0.554. The van der Waals surface area contributed by atoms with Gasteiger partial charge in [-0.05, 0) is 43.3 Å². The molecule has 0 saturated carbocycles. The number of nitrogens with one attached hydrogen (secondary N) is 2. The molecule has 3 aromatic rings. The molecular formula is C19H19N3O3. The molecule has 0 unspecified atom stereocenters. The fourth-order valence-electron chi connectivity index (χ4n) is 2.47. The SMILES string of the molecule is COc1cccc(C(C)=NNC(=O)c2cc3cc(OC)ccc3[nH]2)c1. The number of hydrogen-bond donors (Lipinski definition) is 2. The Hall–Kier alpha value is -3.28. The van der Waals surface area contributed by atoms with Crippen LogP contribution in [0.4, 0.5) is 0 Å². The fraction of sp³-hybridized carbons (Fsp3) is 0.158. The maximum Gasteiger partial charge on any atom is 0.287 e. The molecule has 0 aliphatic heterocycles. The molecule has 3 rings (SSSR count). The van der Waals surface area contributed by atoms with Gasteiger partial charge in [-0.1, -0.05) is 12.1 Å². The number of fused-ring (bicyclic) bond motifs is 1. The number of ether oxygens (including phenoxy) is 2. The summed E-state index contributed by atoms with van der Waals surface area (Å²) in [6, 6.07) is 14.8. The Bertz CT molecular complexity index is 944. The molecule has 2 aromatic carbocycles. The van der Waals surface area contributed by atoms with Gasteiger partial charge < -0.3 is 14.5 Å². The van der Waals surface area contributed by atoms with Gasteiger partial charge in [0.25, 0.3) is 5.91 Å². The van der Waals surface area contributed by atoms with Gasteiger partial charge in [0.15, 0.2) is 0 Å². The maximum absolute atomic E-state index is 12.3. The highest BCUT2D eigenvalue weighted by molar-refractivity contribution is 6.02. The number of carbonyl (C=O) groups is 1. The van der Waals surface area contributed by atoms with Crippen molar-refractivity contribution in [3.05, 3.63) is 59.8 Å². The zero-order valence-corrected chi connectivity index (χ0v) is 14.3. The molecule has 1 amide bonds. The topological polar surface area (TPSA) is 75.7 Å². The molecule has 0 aliphatic carbocycles. The number of H-pyrrole nitrogens is 1. The summed E-state index contributed by atoms with van der Waals surface area (Å²) in [6.07, 6.45) is 0. The van der Waals surface area contributed by atoms with Crippen LogP contribution in [-0.2, 0) is 0 Å². The van der Waals surface area contributed by atoms with E-state index in [0.717, 1.165) is 28.0 Å². The van der Waals surface area contributed by atoms with E-state index >= 15 is 0 Å². The summed E-state index contributed by atoms with van der Waals surface area (Å²) in [5.41, 5.74) is 5.43. The van der Waals surface area contributed by atoms with Gasteiger partial charge in [-0.2, -0.15) is 5.10 Å². The lowest BCUT2D eigenvalue weighted by Gasteiger charge is -2.04. The first-order valence-electron chi connectivity index (χ1n) is 7.76. The van der Waals surface area contributed by atoms with Crippen LogP contribution >= 0.6 is 0 Å². The molecule has 0 radical (unpaired) electrons. The summed E-state index contributed by atoms with van der Waals surface area (Å²) < 4.78 is 10.4. The zero-order chi connectivity index (χ0) is 17.8. The summed E-state index contributed by atoms with van der Waals surface area (Å²) in [4.78, 5) is 15.4. The minimum Gasteiger partial charge on any atom is -0.497 e. The van der Waals surface area contributed by atoms with E-state index in [-0.39, 0.29) is 5.91 Å². The van der Waals surface area contributed by atoms with Gasteiger partial charge in [-0.3, -0.25) is 4.79 Å². The van der Waals surface area contributed by atoms with Crippen LogP contribution < -0.4 is 14.9 Å². The maximum atomic E-state index is 12.3. The summed E-state index contributed by atoms with van der Waals surface area (Å²) in [5, 5.41) is 5.07. The Labute approximate surface area is 145 Å². The Morgan fingerprint density at radius 1 is 1.04 bits per heavy atom. The Kier molecular flexibility index (Phi) is 4.70. The molecule has 0 spiro atoms. The predicted octanol–water partition coefficient (Wildman–Crippen LogP) is 3.34. The van der Waals surface area contributed by atoms with E-state index in [1.807, 2.05) is 49.4 Å². The van der Waals surface area contributed by atoms with Crippen LogP contribution in [0.2, 0.25) is 0 Å². The number of carbonyl (C=O) groups excluding carboxylic acids is 1. The summed E-state index contributed by atoms with van der Waals surface area (Å²) in [6.45, 7) is 1.82. The molecule has 1 aromatic heterocycles. The first-order chi connectivity index (χ1) is 12.1. The third-order valence-corrected chi connectivity index (χ3v) is 3.89.